The first-order valence-electron chi connectivity index (χ1n) is 3.80. The molecular weight excluding hydrogens is 215 g/mol. The van der Waals surface area contributed by atoms with Crippen LogP contribution in [0.15, 0.2) is 12.3 Å². The zero-order valence-corrected chi connectivity index (χ0v) is 7.28. The Kier molecular flexibility index (Phi) is 3.48. The molecule has 0 radical (unpaired) electrons. The van der Waals surface area contributed by atoms with Crippen molar-refractivity contribution in [3.05, 3.63) is 23.6 Å². The summed E-state index contributed by atoms with van der Waals surface area (Å²) >= 11 is 0. The third-order valence-corrected chi connectivity index (χ3v) is 1.39. The van der Waals surface area contributed by atoms with Gasteiger partial charge in [0.1, 0.15) is 11.4 Å². The van der Waals surface area contributed by atoms with Crippen LogP contribution in [0.1, 0.15) is 10.4 Å². The third kappa shape index (κ3) is 3.12. The number of hydrogen-bond acceptors (Lipinski definition) is 3. The van der Waals surface area contributed by atoms with Gasteiger partial charge in [0, 0.05) is 0 Å². The smallest absolute Gasteiger partial charge is 0.341 e. The molecule has 0 aliphatic rings. The number of carboxylic acid groups (broad SMARTS) is 1. The molecule has 0 aromatic carbocycles. The number of nitrogens with zero attached hydrogens (tertiary/aromatic N) is 1. The van der Waals surface area contributed by atoms with Crippen molar-refractivity contribution in [2.24, 2.45) is 0 Å². The summed E-state index contributed by atoms with van der Waals surface area (Å²) in [5.74, 6) is -2.90. The summed E-state index contributed by atoms with van der Waals surface area (Å²) in [4.78, 5) is 13.8. The number of halogens is 3. The van der Waals surface area contributed by atoms with E-state index in [1.165, 1.54) is 0 Å². The predicted octanol–water partition coefficient (Wildman–Crippen LogP) is 1.56. The highest BCUT2D eigenvalue weighted by Crippen LogP contribution is 2.16. The number of carboxylic acids is 1. The van der Waals surface area contributed by atoms with E-state index in [1.54, 1.807) is 0 Å². The lowest BCUT2D eigenvalue weighted by Gasteiger charge is -2.06. The van der Waals surface area contributed by atoms with Crippen molar-refractivity contribution in [1.29, 1.82) is 0 Å². The highest BCUT2D eigenvalue weighted by molar-refractivity contribution is 5.90. The van der Waals surface area contributed by atoms with Crippen LogP contribution in [0.2, 0.25) is 0 Å². The molecule has 0 aliphatic heterocycles. The van der Waals surface area contributed by atoms with Crippen LogP contribution in [-0.4, -0.2) is 29.1 Å². The lowest BCUT2D eigenvalue weighted by molar-refractivity contribution is 0.0655. The molecule has 0 aliphatic carbocycles. The van der Waals surface area contributed by atoms with Crippen LogP contribution in [0, 0.1) is 5.82 Å². The summed E-state index contributed by atoms with van der Waals surface area (Å²) in [6.07, 6.45) is -2.06. The number of rotatable bonds is 4. The van der Waals surface area contributed by atoms with Gasteiger partial charge in [-0.3, -0.25) is 0 Å². The molecule has 7 heteroatoms. The molecule has 0 bridgehead atoms. The van der Waals surface area contributed by atoms with Crippen LogP contribution in [0.4, 0.5) is 13.2 Å². The predicted molar refractivity (Wildman–Crippen MR) is 42.7 cm³/mol. The first-order chi connectivity index (χ1) is 7.00. The van der Waals surface area contributed by atoms with Gasteiger partial charge < -0.3 is 9.84 Å². The van der Waals surface area contributed by atoms with Gasteiger partial charge in [0.15, 0.2) is 6.61 Å². The van der Waals surface area contributed by atoms with E-state index in [1.807, 2.05) is 0 Å². The normalized spacial score (nSPS) is 10.4. The van der Waals surface area contributed by atoms with Crippen LogP contribution < -0.4 is 4.74 Å². The Bertz CT molecular complexity index is 370. The average Bonchev–Trinajstić information content (AvgIpc) is 2.15. The molecule has 82 valence electrons. The highest BCUT2D eigenvalue weighted by Gasteiger charge is 2.15. The molecule has 15 heavy (non-hydrogen) atoms. The molecule has 0 saturated carbocycles. The van der Waals surface area contributed by atoms with Crippen molar-refractivity contribution >= 4 is 5.97 Å². The van der Waals surface area contributed by atoms with E-state index in [0.29, 0.717) is 12.3 Å². The minimum Gasteiger partial charge on any atom is -0.477 e. The van der Waals surface area contributed by atoms with Gasteiger partial charge in [0.2, 0.25) is 5.88 Å². The lowest BCUT2D eigenvalue weighted by Crippen LogP contribution is -2.11. The van der Waals surface area contributed by atoms with Gasteiger partial charge in [-0.05, 0) is 6.07 Å². The van der Waals surface area contributed by atoms with Crippen LogP contribution in [0.5, 0.6) is 5.88 Å². The summed E-state index contributed by atoms with van der Waals surface area (Å²) in [6.45, 7) is -0.987. The average molecular weight is 221 g/mol. The molecule has 0 saturated heterocycles. The number of hydrogen-bond donors (Lipinski definition) is 1. The van der Waals surface area contributed by atoms with Crippen molar-refractivity contribution < 1.29 is 27.8 Å². The summed E-state index contributed by atoms with van der Waals surface area (Å²) in [5, 5.41) is 8.58. The van der Waals surface area contributed by atoms with Crippen molar-refractivity contribution in [3.63, 3.8) is 0 Å². The fraction of sp³-hybridized carbons (Fsp3) is 0.250. The van der Waals surface area contributed by atoms with Gasteiger partial charge in [-0.25, -0.2) is 22.9 Å². The van der Waals surface area contributed by atoms with Gasteiger partial charge in [-0.15, -0.1) is 0 Å². The summed E-state index contributed by atoms with van der Waals surface area (Å²) in [6, 6.07) is 0.649. The number of pyridine rings is 1. The summed E-state index contributed by atoms with van der Waals surface area (Å²) < 4.78 is 40.5. The minimum absolute atomic E-state index is 0.524. The van der Waals surface area contributed by atoms with Gasteiger partial charge in [0.25, 0.3) is 6.43 Å². The zero-order chi connectivity index (χ0) is 11.4. The Labute approximate surface area is 82.3 Å². The molecule has 1 aromatic heterocycles. The lowest BCUT2D eigenvalue weighted by atomic mass is 10.3. The van der Waals surface area contributed by atoms with Gasteiger partial charge in [-0.2, -0.15) is 0 Å². The van der Waals surface area contributed by atoms with Crippen LogP contribution in [-0.2, 0) is 0 Å². The van der Waals surface area contributed by atoms with Gasteiger partial charge in [-0.1, -0.05) is 0 Å². The summed E-state index contributed by atoms with van der Waals surface area (Å²) in [5.41, 5.74) is -0.587. The third-order valence-electron chi connectivity index (χ3n) is 1.39. The Balaban J connectivity index is 2.91. The van der Waals surface area contributed by atoms with Gasteiger partial charge >= 0.3 is 5.97 Å². The van der Waals surface area contributed by atoms with E-state index >= 15 is 0 Å². The zero-order valence-electron chi connectivity index (χ0n) is 7.28. The standard InChI is InChI=1S/C8H6F3NO3/c9-4-1-5(8(13)14)7(12-2-4)15-3-6(10)11/h1-2,6H,3H2,(H,13,14). The maximum atomic E-state index is 12.6. The largest absolute Gasteiger partial charge is 0.477 e. The Morgan fingerprint density at radius 2 is 2.27 bits per heavy atom. The number of ether oxygens (including phenoxy) is 1. The number of carbonyl (C=O) groups is 1. The second-order valence-electron chi connectivity index (χ2n) is 2.51. The van der Waals surface area contributed by atoms with Crippen molar-refractivity contribution in [1.82, 2.24) is 4.98 Å². The molecule has 0 amide bonds. The Morgan fingerprint density at radius 1 is 1.60 bits per heavy atom. The van der Waals surface area contributed by atoms with Crippen LogP contribution in [0.3, 0.4) is 0 Å². The maximum Gasteiger partial charge on any atom is 0.341 e. The van der Waals surface area contributed by atoms with Gasteiger partial charge in [0.05, 0.1) is 6.20 Å². The van der Waals surface area contributed by atoms with Crippen LogP contribution in [0.25, 0.3) is 0 Å². The van der Waals surface area contributed by atoms with E-state index in [-0.39, 0.29) is 0 Å². The monoisotopic (exact) mass is 221 g/mol. The fourth-order valence-corrected chi connectivity index (χ4v) is 0.837. The van der Waals surface area contributed by atoms with Crippen molar-refractivity contribution in [3.8, 4) is 5.88 Å². The van der Waals surface area contributed by atoms with E-state index in [0.717, 1.165) is 0 Å². The van der Waals surface area contributed by atoms with E-state index in [9.17, 15) is 18.0 Å². The first kappa shape index (κ1) is 11.3. The minimum atomic E-state index is -2.75. The molecule has 4 nitrogen and oxygen atoms in total. The highest BCUT2D eigenvalue weighted by atomic mass is 19.3. The SMILES string of the molecule is O=C(O)c1cc(F)cnc1OCC(F)F. The Hall–Kier alpha value is -1.79. The quantitative estimate of drug-likeness (QED) is 0.838. The topological polar surface area (TPSA) is 59.4 Å². The van der Waals surface area contributed by atoms with Crippen molar-refractivity contribution in [2.45, 2.75) is 6.43 Å². The molecular formula is C8H6F3NO3. The van der Waals surface area contributed by atoms with E-state index < -0.39 is 36.3 Å². The number of alkyl halides is 2. The van der Waals surface area contributed by atoms with Crippen LogP contribution >= 0.6 is 0 Å². The maximum absolute atomic E-state index is 12.6. The van der Waals surface area contributed by atoms with E-state index in [4.69, 9.17) is 5.11 Å². The molecule has 0 fully saturated rings. The second-order valence-corrected chi connectivity index (χ2v) is 2.51. The molecule has 1 N–H and O–H groups in total. The molecule has 0 atom stereocenters. The molecule has 0 spiro atoms. The first-order valence-corrected chi connectivity index (χ1v) is 3.80. The second kappa shape index (κ2) is 4.63. The van der Waals surface area contributed by atoms with E-state index in [2.05, 4.69) is 9.72 Å². The molecule has 1 heterocycles. The van der Waals surface area contributed by atoms with Crippen molar-refractivity contribution in [2.75, 3.05) is 6.61 Å². The fourth-order valence-electron chi connectivity index (χ4n) is 0.837. The number of aromatic nitrogens is 1. The molecule has 1 rings (SSSR count). The number of aromatic carboxylic acids is 1. The summed E-state index contributed by atoms with van der Waals surface area (Å²) in [7, 11) is 0. The molecule has 0 unspecified atom stereocenters. The Morgan fingerprint density at radius 3 is 2.80 bits per heavy atom. The molecule has 1 aromatic rings.